The third-order valence-corrected chi connectivity index (χ3v) is 5.02. The first-order valence-corrected chi connectivity index (χ1v) is 9.40. The highest BCUT2D eigenvalue weighted by Crippen LogP contribution is 2.32. The van der Waals surface area contributed by atoms with Gasteiger partial charge in [0.15, 0.2) is 0 Å². The van der Waals surface area contributed by atoms with Gasteiger partial charge in [0.1, 0.15) is 5.52 Å². The van der Waals surface area contributed by atoms with Gasteiger partial charge in [0, 0.05) is 24.1 Å². The zero-order valence-electron chi connectivity index (χ0n) is 15.7. The van der Waals surface area contributed by atoms with Crippen molar-refractivity contribution in [3.8, 4) is 0 Å². The number of nitrogens with zero attached hydrogens (tertiary/aromatic N) is 6. The molecule has 4 rings (SSSR count). The Labute approximate surface area is 167 Å². The molecule has 0 radical (unpaired) electrons. The standard InChI is InChI=1S/C20H20N8O/c1-3-19(29)24-14-7-8-18-17(10-14)26-27-28(18)16-6-4-5-13(9-16)25-20-22-11-15(21-2)12-23-20/h3,7-8,10-13,16H,1,4-6,9H2,(H,24,29)(H,22,23,25)/t13-,16+/m1/s1. The van der Waals surface area contributed by atoms with Crippen LogP contribution in [0, 0.1) is 6.57 Å². The molecule has 0 saturated heterocycles. The molecule has 1 aromatic carbocycles. The van der Waals surface area contributed by atoms with Crippen molar-refractivity contribution < 1.29 is 4.79 Å². The van der Waals surface area contributed by atoms with Crippen LogP contribution < -0.4 is 10.6 Å². The predicted molar refractivity (Wildman–Crippen MR) is 110 cm³/mol. The van der Waals surface area contributed by atoms with Crippen LogP contribution in [0.1, 0.15) is 31.7 Å². The van der Waals surface area contributed by atoms with Gasteiger partial charge in [-0.2, -0.15) is 0 Å². The molecule has 9 nitrogen and oxygen atoms in total. The molecule has 2 aromatic heterocycles. The summed E-state index contributed by atoms with van der Waals surface area (Å²) in [6, 6.07) is 6.01. The van der Waals surface area contributed by atoms with Gasteiger partial charge in [-0.3, -0.25) is 4.79 Å². The Kier molecular flexibility index (Phi) is 5.16. The Morgan fingerprint density at radius 3 is 2.90 bits per heavy atom. The predicted octanol–water partition coefficient (Wildman–Crippen LogP) is 3.49. The van der Waals surface area contributed by atoms with E-state index in [-0.39, 0.29) is 18.0 Å². The van der Waals surface area contributed by atoms with Crippen molar-refractivity contribution in [3.63, 3.8) is 0 Å². The Balaban J connectivity index is 1.48. The highest BCUT2D eigenvalue weighted by atomic mass is 16.1. The molecule has 1 fully saturated rings. The first kappa shape index (κ1) is 18.6. The van der Waals surface area contributed by atoms with E-state index < -0.39 is 0 Å². The molecule has 1 aliphatic carbocycles. The maximum absolute atomic E-state index is 11.5. The summed E-state index contributed by atoms with van der Waals surface area (Å²) in [5.41, 5.74) is 2.76. The Morgan fingerprint density at radius 2 is 2.14 bits per heavy atom. The summed E-state index contributed by atoms with van der Waals surface area (Å²) in [4.78, 5) is 23.2. The normalized spacial score (nSPS) is 18.7. The zero-order valence-corrected chi connectivity index (χ0v) is 15.7. The van der Waals surface area contributed by atoms with Crippen LogP contribution in [0.3, 0.4) is 0 Å². The van der Waals surface area contributed by atoms with E-state index in [0.29, 0.717) is 17.3 Å². The highest BCUT2D eigenvalue weighted by Gasteiger charge is 2.26. The van der Waals surface area contributed by atoms with E-state index in [2.05, 4.69) is 42.3 Å². The van der Waals surface area contributed by atoms with Crippen molar-refractivity contribution in [1.29, 1.82) is 0 Å². The van der Waals surface area contributed by atoms with Gasteiger partial charge in [-0.15, -0.1) is 5.10 Å². The zero-order chi connectivity index (χ0) is 20.2. The molecule has 0 unspecified atom stereocenters. The average molecular weight is 388 g/mol. The van der Waals surface area contributed by atoms with Gasteiger partial charge in [-0.25, -0.2) is 19.5 Å². The largest absolute Gasteiger partial charge is 0.352 e. The molecule has 1 saturated carbocycles. The number of benzene rings is 1. The second kappa shape index (κ2) is 8.06. The van der Waals surface area contributed by atoms with Crippen molar-refractivity contribution in [2.45, 2.75) is 37.8 Å². The average Bonchev–Trinajstić information content (AvgIpc) is 3.17. The van der Waals surface area contributed by atoms with Crippen LogP contribution >= 0.6 is 0 Å². The van der Waals surface area contributed by atoms with Gasteiger partial charge in [-0.1, -0.05) is 11.8 Å². The van der Waals surface area contributed by atoms with Crippen molar-refractivity contribution >= 4 is 34.3 Å². The minimum absolute atomic E-state index is 0.211. The summed E-state index contributed by atoms with van der Waals surface area (Å²) in [6.45, 7) is 10.4. The second-order valence-corrected chi connectivity index (χ2v) is 6.97. The molecule has 0 bridgehead atoms. The van der Waals surface area contributed by atoms with Crippen molar-refractivity contribution in [3.05, 3.63) is 54.7 Å². The van der Waals surface area contributed by atoms with Gasteiger partial charge >= 0.3 is 0 Å². The third kappa shape index (κ3) is 4.06. The van der Waals surface area contributed by atoms with E-state index in [0.717, 1.165) is 36.7 Å². The molecule has 2 N–H and O–H groups in total. The number of rotatable bonds is 5. The Morgan fingerprint density at radius 1 is 1.31 bits per heavy atom. The van der Waals surface area contributed by atoms with Crippen LogP contribution in [-0.2, 0) is 4.79 Å². The van der Waals surface area contributed by atoms with Gasteiger partial charge in [0.2, 0.25) is 17.5 Å². The lowest BCUT2D eigenvalue weighted by Crippen LogP contribution is -2.30. The number of hydrogen-bond donors (Lipinski definition) is 2. The smallest absolute Gasteiger partial charge is 0.247 e. The van der Waals surface area contributed by atoms with Crippen LogP contribution in [0.2, 0.25) is 0 Å². The lowest BCUT2D eigenvalue weighted by Gasteiger charge is -2.30. The quantitative estimate of drug-likeness (QED) is 0.512. The number of hydrogen-bond acceptors (Lipinski definition) is 6. The Bertz CT molecular complexity index is 1080. The molecule has 29 heavy (non-hydrogen) atoms. The maximum Gasteiger partial charge on any atom is 0.247 e. The van der Waals surface area contributed by atoms with E-state index in [1.54, 1.807) is 0 Å². The highest BCUT2D eigenvalue weighted by molar-refractivity contribution is 5.99. The van der Waals surface area contributed by atoms with E-state index in [1.165, 1.54) is 18.5 Å². The van der Waals surface area contributed by atoms with Crippen LogP contribution in [0.25, 0.3) is 15.9 Å². The minimum atomic E-state index is -0.260. The lowest BCUT2D eigenvalue weighted by molar-refractivity contribution is -0.111. The number of aromatic nitrogens is 5. The van der Waals surface area contributed by atoms with Gasteiger partial charge < -0.3 is 10.6 Å². The lowest BCUT2D eigenvalue weighted by atomic mass is 9.91. The Hall–Kier alpha value is -3.80. The van der Waals surface area contributed by atoms with Gasteiger partial charge in [0.25, 0.3) is 0 Å². The number of nitrogens with one attached hydrogen (secondary N) is 2. The summed E-state index contributed by atoms with van der Waals surface area (Å²) >= 11 is 0. The molecule has 1 aliphatic rings. The van der Waals surface area contributed by atoms with Crippen LogP contribution in [0.15, 0.2) is 43.2 Å². The number of anilines is 2. The molecule has 9 heteroatoms. The molecule has 3 aromatic rings. The molecular formula is C20H20N8O. The fourth-order valence-electron chi connectivity index (χ4n) is 3.64. The number of fused-ring (bicyclic) bond motifs is 1. The third-order valence-electron chi connectivity index (χ3n) is 5.02. The molecule has 1 amide bonds. The van der Waals surface area contributed by atoms with Crippen LogP contribution in [0.5, 0.6) is 0 Å². The molecule has 2 heterocycles. The number of amides is 1. The van der Waals surface area contributed by atoms with E-state index in [1.807, 2.05) is 22.9 Å². The van der Waals surface area contributed by atoms with Crippen molar-refractivity contribution in [1.82, 2.24) is 25.0 Å². The summed E-state index contributed by atoms with van der Waals surface area (Å²) in [5.74, 6) is 0.277. The summed E-state index contributed by atoms with van der Waals surface area (Å²) in [7, 11) is 0. The number of carbonyl (C=O) groups excluding carboxylic acids is 1. The van der Waals surface area contributed by atoms with Gasteiger partial charge in [0.05, 0.1) is 18.1 Å². The summed E-state index contributed by atoms with van der Waals surface area (Å²) < 4.78 is 1.96. The fourth-order valence-corrected chi connectivity index (χ4v) is 3.64. The number of carbonyl (C=O) groups is 1. The molecule has 2 atom stereocenters. The molecular weight excluding hydrogens is 368 g/mol. The SMILES string of the molecule is [C-]#[N+]c1cnc(N[C@@H]2CCC[C@H](n3nnc4cc(NC(=O)C=C)ccc43)C2)nc1. The molecule has 0 spiro atoms. The monoisotopic (exact) mass is 388 g/mol. The van der Waals surface area contributed by atoms with Crippen LogP contribution in [0.4, 0.5) is 17.3 Å². The van der Waals surface area contributed by atoms with E-state index in [4.69, 9.17) is 6.57 Å². The second-order valence-electron chi connectivity index (χ2n) is 6.97. The van der Waals surface area contributed by atoms with Crippen molar-refractivity contribution in [2.24, 2.45) is 0 Å². The van der Waals surface area contributed by atoms with E-state index in [9.17, 15) is 4.79 Å². The summed E-state index contributed by atoms with van der Waals surface area (Å²) in [6.07, 6.45) is 8.25. The summed E-state index contributed by atoms with van der Waals surface area (Å²) in [5, 5.41) is 14.7. The van der Waals surface area contributed by atoms with Crippen molar-refractivity contribution in [2.75, 3.05) is 10.6 Å². The fraction of sp³-hybridized carbons (Fsp3) is 0.300. The van der Waals surface area contributed by atoms with Gasteiger partial charge in [-0.05, 0) is 50.0 Å². The molecule has 146 valence electrons. The first-order chi connectivity index (χ1) is 14.2. The first-order valence-electron chi connectivity index (χ1n) is 9.40. The topological polar surface area (TPSA) is 102 Å². The maximum atomic E-state index is 11.5. The minimum Gasteiger partial charge on any atom is -0.352 e. The van der Waals surface area contributed by atoms with E-state index >= 15 is 0 Å². The molecule has 0 aliphatic heterocycles. The van der Waals surface area contributed by atoms with Crippen LogP contribution in [-0.4, -0.2) is 36.9 Å².